The van der Waals surface area contributed by atoms with E-state index in [0.717, 1.165) is 18.9 Å². The van der Waals surface area contributed by atoms with E-state index in [4.69, 9.17) is 9.47 Å². The van der Waals surface area contributed by atoms with Gasteiger partial charge in [0.1, 0.15) is 17.7 Å². The normalized spacial score (nSPS) is 17.6. The molecule has 1 fully saturated rings. The Hall–Kier alpha value is -3.12. The number of carbonyl (C=O) groups excluding carboxylic acids is 3. The maximum atomic E-state index is 14.3. The van der Waals surface area contributed by atoms with Gasteiger partial charge in [0.2, 0.25) is 11.5 Å². The SMILES string of the molecule is COc1cc(NC(=O)CCN(C)C2CCC(OC(=O)C(O)(c3cccs3)c3cccs3)CC2)c(F)cc1C=O. The van der Waals surface area contributed by atoms with Crippen molar-refractivity contribution in [3.05, 3.63) is 68.3 Å². The molecule has 0 radical (unpaired) electrons. The summed E-state index contributed by atoms with van der Waals surface area (Å²) in [5.41, 5.74) is -1.80. The first kappa shape index (κ1) is 28.9. The van der Waals surface area contributed by atoms with Crippen molar-refractivity contribution in [3.8, 4) is 5.75 Å². The van der Waals surface area contributed by atoms with E-state index in [-0.39, 0.29) is 41.5 Å². The van der Waals surface area contributed by atoms with Crippen molar-refractivity contribution >= 4 is 46.5 Å². The molecule has 2 N–H and O–H groups in total. The molecule has 0 atom stereocenters. The molecule has 11 heteroatoms. The van der Waals surface area contributed by atoms with Gasteiger partial charge < -0.3 is 24.8 Å². The fourth-order valence-electron chi connectivity index (χ4n) is 4.74. The van der Waals surface area contributed by atoms with Crippen molar-refractivity contribution in [1.29, 1.82) is 0 Å². The standard InChI is InChI=1S/C28H31FN2O6S2/c1-31(12-11-26(33)30-22-16-23(36-2)18(17-32)15-21(22)29)19-7-9-20(10-8-19)37-27(34)28(35,24-5-3-13-38-24)25-6-4-14-39-25/h3-6,13-17,19-20,35H,7-12H2,1-2H3,(H,30,33). The van der Waals surface area contributed by atoms with Gasteiger partial charge in [0.15, 0.2) is 6.29 Å². The molecule has 0 bridgehead atoms. The van der Waals surface area contributed by atoms with E-state index < -0.39 is 17.4 Å². The Labute approximate surface area is 234 Å². The number of carbonyl (C=O) groups is 3. The Morgan fingerprint density at radius 3 is 2.33 bits per heavy atom. The van der Waals surface area contributed by atoms with Gasteiger partial charge in [-0.3, -0.25) is 9.59 Å². The van der Waals surface area contributed by atoms with Gasteiger partial charge >= 0.3 is 5.97 Å². The lowest BCUT2D eigenvalue weighted by atomic mass is 9.91. The van der Waals surface area contributed by atoms with Crippen LogP contribution in [0.4, 0.5) is 10.1 Å². The number of nitrogens with one attached hydrogen (secondary N) is 1. The van der Waals surface area contributed by atoms with Gasteiger partial charge in [-0.05, 0) is 61.7 Å². The molecule has 2 aromatic heterocycles. The van der Waals surface area contributed by atoms with Crippen LogP contribution in [0.3, 0.4) is 0 Å². The van der Waals surface area contributed by atoms with Gasteiger partial charge in [0.25, 0.3) is 0 Å². The molecule has 39 heavy (non-hydrogen) atoms. The highest BCUT2D eigenvalue weighted by molar-refractivity contribution is 7.12. The summed E-state index contributed by atoms with van der Waals surface area (Å²) in [5.74, 6) is -1.55. The molecular weight excluding hydrogens is 543 g/mol. The molecule has 0 saturated heterocycles. The van der Waals surface area contributed by atoms with Crippen LogP contribution >= 0.6 is 22.7 Å². The predicted octanol–water partition coefficient (Wildman–Crippen LogP) is 4.82. The number of aldehydes is 1. The van der Waals surface area contributed by atoms with Gasteiger partial charge in [-0.25, -0.2) is 9.18 Å². The highest BCUT2D eigenvalue weighted by Crippen LogP contribution is 2.38. The maximum Gasteiger partial charge on any atom is 0.349 e. The number of thiophene rings is 2. The Morgan fingerprint density at radius 2 is 1.79 bits per heavy atom. The van der Waals surface area contributed by atoms with E-state index >= 15 is 0 Å². The molecule has 0 spiro atoms. The van der Waals surface area contributed by atoms with E-state index in [2.05, 4.69) is 10.2 Å². The Morgan fingerprint density at radius 1 is 1.15 bits per heavy atom. The Balaban J connectivity index is 1.27. The first-order valence-corrected chi connectivity index (χ1v) is 14.4. The second-order valence-electron chi connectivity index (χ2n) is 9.47. The molecule has 1 aliphatic carbocycles. The first-order valence-electron chi connectivity index (χ1n) is 12.6. The quantitative estimate of drug-likeness (QED) is 0.250. The number of hydrogen-bond donors (Lipinski definition) is 2. The number of aliphatic hydroxyl groups is 1. The summed E-state index contributed by atoms with van der Waals surface area (Å²) in [6.07, 6.45) is 3.17. The fourth-order valence-corrected chi connectivity index (χ4v) is 6.45. The summed E-state index contributed by atoms with van der Waals surface area (Å²) in [4.78, 5) is 39.9. The van der Waals surface area contributed by atoms with Crippen molar-refractivity contribution in [2.45, 2.75) is 49.9 Å². The summed E-state index contributed by atoms with van der Waals surface area (Å²) in [5, 5.41) is 17.6. The summed E-state index contributed by atoms with van der Waals surface area (Å²) >= 11 is 2.62. The number of hydrogen-bond acceptors (Lipinski definition) is 9. The molecule has 1 saturated carbocycles. The molecule has 1 aromatic carbocycles. The van der Waals surface area contributed by atoms with Crippen LogP contribution in [0.15, 0.2) is 47.2 Å². The summed E-state index contributed by atoms with van der Waals surface area (Å²) in [6, 6.07) is 9.58. The first-order chi connectivity index (χ1) is 18.8. The molecule has 3 aromatic rings. The zero-order valence-electron chi connectivity index (χ0n) is 21.7. The van der Waals surface area contributed by atoms with Crippen LogP contribution in [-0.4, -0.2) is 61.0 Å². The van der Waals surface area contributed by atoms with Crippen LogP contribution in [0, 0.1) is 5.82 Å². The molecule has 4 rings (SSSR count). The summed E-state index contributed by atoms with van der Waals surface area (Å²) in [7, 11) is 3.29. The third-order valence-corrected chi connectivity index (χ3v) is 8.96. The minimum atomic E-state index is -1.82. The molecule has 0 aliphatic heterocycles. The average Bonchev–Trinajstić information content (AvgIpc) is 3.68. The van der Waals surface area contributed by atoms with Crippen LogP contribution < -0.4 is 10.1 Å². The number of anilines is 1. The minimum absolute atomic E-state index is 0.0440. The van der Waals surface area contributed by atoms with Gasteiger partial charge in [-0.2, -0.15) is 0 Å². The van der Waals surface area contributed by atoms with Crippen LogP contribution in [-0.2, 0) is 19.9 Å². The number of ether oxygens (including phenoxy) is 2. The molecular formula is C28H31FN2O6S2. The molecule has 208 valence electrons. The predicted molar refractivity (Wildman–Crippen MR) is 148 cm³/mol. The second kappa shape index (κ2) is 12.8. The number of esters is 1. The van der Waals surface area contributed by atoms with Crippen LogP contribution in [0.1, 0.15) is 52.2 Å². The van der Waals surface area contributed by atoms with Gasteiger partial charge in [0.05, 0.1) is 28.1 Å². The van der Waals surface area contributed by atoms with Gasteiger partial charge in [0, 0.05) is 25.1 Å². The topological polar surface area (TPSA) is 105 Å². The van der Waals surface area contributed by atoms with Gasteiger partial charge in [-0.1, -0.05) is 12.1 Å². The summed E-state index contributed by atoms with van der Waals surface area (Å²) < 4.78 is 25.2. The molecule has 2 heterocycles. The summed E-state index contributed by atoms with van der Waals surface area (Å²) in [6.45, 7) is 0.461. The van der Waals surface area contributed by atoms with Crippen molar-refractivity contribution in [1.82, 2.24) is 4.90 Å². The van der Waals surface area contributed by atoms with E-state index in [0.29, 0.717) is 35.4 Å². The number of methoxy groups -OCH3 is 1. The Bertz CT molecular complexity index is 1240. The number of benzene rings is 1. The largest absolute Gasteiger partial charge is 0.496 e. The smallest absolute Gasteiger partial charge is 0.349 e. The third kappa shape index (κ3) is 6.55. The molecule has 1 amide bonds. The zero-order valence-corrected chi connectivity index (χ0v) is 23.4. The highest BCUT2D eigenvalue weighted by Gasteiger charge is 2.45. The van der Waals surface area contributed by atoms with Crippen LogP contribution in [0.2, 0.25) is 0 Å². The second-order valence-corrected chi connectivity index (χ2v) is 11.4. The monoisotopic (exact) mass is 574 g/mol. The average molecular weight is 575 g/mol. The van der Waals surface area contributed by atoms with E-state index in [1.165, 1.54) is 35.8 Å². The van der Waals surface area contributed by atoms with E-state index in [9.17, 15) is 23.9 Å². The van der Waals surface area contributed by atoms with Crippen molar-refractivity contribution < 1.29 is 33.4 Å². The van der Waals surface area contributed by atoms with Crippen LogP contribution in [0.25, 0.3) is 0 Å². The van der Waals surface area contributed by atoms with Crippen molar-refractivity contribution in [3.63, 3.8) is 0 Å². The lowest BCUT2D eigenvalue weighted by Gasteiger charge is -2.35. The number of rotatable bonds is 11. The number of amides is 1. The van der Waals surface area contributed by atoms with E-state index in [1.54, 1.807) is 24.3 Å². The third-order valence-electron chi connectivity index (χ3n) is 7.00. The Kier molecular flexibility index (Phi) is 9.49. The van der Waals surface area contributed by atoms with Crippen molar-refractivity contribution in [2.75, 3.05) is 26.0 Å². The maximum absolute atomic E-state index is 14.3. The van der Waals surface area contributed by atoms with E-state index in [1.807, 2.05) is 17.8 Å². The van der Waals surface area contributed by atoms with Gasteiger partial charge in [-0.15, -0.1) is 22.7 Å². The minimum Gasteiger partial charge on any atom is -0.496 e. The van der Waals surface area contributed by atoms with Crippen LogP contribution in [0.5, 0.6) is 5.75 Å². The fraction of sp³-hybridized carbons (Fsp3) is 0.393. The molecule has 8 nitrogen and oxygen atoms in total. The number of halogens is 1. The number of nitrogens with zero attached hydrogens (tertiary/aromatic N) is 1. The zero-order chi connectivity index (χ0) is 28.0. The lowest BCUT2D eigenvalue weighted by Crippen LogP contribution is -2.42. The molecule has 1 aliphatic rings. The lowest BCUT2D eigenvalue weighted by molar-refractivity contribution is -0.169. The molecule has 0 unspecified atom stereocenters. The highest BCUT2D eigenvalue weighted by atomic mass is 32.1. The van der Waals surface area contributed by atoms with Crippen molar-refractivity contribution in [2.24, 2.45) is 0 Å².